The summed E-state index contributed by atoms with van der Waals surface area (Å²) in [6.45, 7) is 8.38. The molecule has 0 spiro atoms. The van der Waals surface area contributed by atoms with Crippen LogP contribution in [-0.2, 0) is 0 Å². The molecule has 0 aromatic rings. The molecule has 0 bridgehead atoms. The van der Waals surface area contributed by atoms with E-state index in [1.165, 1.54) is 128 Å². The molecule has 0 saturated heterocycles. The minimum absolute atomic E-state index is 0.663. The van der Waals surface area contributed by atoms with Gasteiger partial charge in [0, 0.05) is 6.67 Å². The second-order valence-electron chi connectivity index (χ2n) is 8.72. The maximum absolute atomic E-state index is 5.21. The van der Waals surface area contributed by atoms with Gasteiger partial charge in [0.2, 0.25) is 0 Å². The Morgan fingerprint density at radius 1 is 0.429 bits per heavy atom. The van der Waals surface area contributed by atoms with Crippen LogP contribution in [0.15, 0.2) is 0 Å². The molecule has 0 aromatic carbocycles. The Morgan fingerprint density at radius 3 is 0.750 bits per heavy atom. The van der Waals surface area contributed by atoms with E-state index in [1.54, 1.807) is 0 Å². The fourth-order valence-corrected chi connectivity index (χ4v) is 3.46. The van der Waals surface area contributed by atoms with E-state index < -0.39 is 0 Å². The van der Waals surface area contributed by atoms with Crippen molar-refractivity contribution in [1.82, 2.24) is 4.90 Å². The predicted molar refractivity (Wildman–Crippen MR) is 131 cm³/mol. The maximum atomic E-state index is 5.21. The van der Waals surface area contributed by atoms with Gasteiger partial charge in [-0.05, 0) is 13.6 Å². The van der Waals surface area contributed by atoms with E-state index in [4.69, 9.17) is 5.73 Å². The number of hydrogen-bond acceptors (Lipinski definition) is 2. The zero-order valence-electron chi connectivity index (χ0n) is 20.6. The molecule has 0 radical (unpaired) electrons. The predicted octanol–water partition coefficient (Wildman–Crippen LogP) is 8.68. The van der Waals surface area contributed by atoms with Crippen molar-refractivity contribution < 1.29 is 0 Å². The van der Waals surface area contributed by atoms with Crippen LogP contribution in [0.5, 0.6) is 0 Å². The first-order valence-electron chi connectivity index (χ1n) is 13.1. The number of nitrogens with two attached hydrogens (primary N) is 1. The monoisotopic (exact) mass is 398 g/mol. The molecule has 0 aliphatic heterocycles. The lowest BCUT2D eigenvalue weighted by atomic mass is 10.0. The Balaban J connectivity index is 0. The summed E-state index contributed by atoms with van der Waals surface area (Å²) in [5, 5.41) is 0. The average Bonchev–Trinajstić information content (AvgIpc) is 2.72. The van der Waals surface area contributed by atoms with Gasteiger partial charge in [-0.2, -0.15) is 0 Å². The fourth-order valence-electron chi connectivity index (χ4n) is 3.46. The summed E-state index contributed by atoms with van der Waals surface area (Å²) in [6, 6.07) is 0. The molecule has 0 aromatic heterocycles. The van der Waals surface area contributed by atoms with E-state index in [-0.39, 0.29) is 0 Å². The highest BCUT2D eigenvalue weighted by Crippen LogP contribution is 2.14. The first kappa shape index (κ1) is 30.1. The number of nitrogens with zero attached hydrogens (tertiary/aromatic N) is 1. The Labute approximate surface area is 180 Å². The van der Waals surface area contributed by atoms with Crippen molar-refractivity contribution >= 4 is 0 Å². The van der Waals surface area contributed by atoms with Gasteiger partial charge >= 0.3 is 0 Å². The Morgan fingerprint density at radius 2 is 0.643 bits per heavy atom. The zero-order chi connectivity index (χ0) is 21.1. The highest BCUT2D eigenvalue weighted by atomic mass is 15.1. The minimum Gasteiger partial charge on any atom is -0.318 e. The summed E-state index contributed by atoms with van der Waals surface area (Å²) in [7, 11) is 1.99. The van der Waals surface area contributed by atoms with Gasteiger partial charge in [0.15, 0.2) is 0 Å². The van der Waals surface area contributed by atoms with Crippen molar-refractivity contribution in [3.8, 4) is 0 Å². The molecule has 2 N–H and O–H groups in total. The van der Waals surface area contributed by atoms with E-state index in [9.17, 15) is 0 Å². The normalized spacial score (nSPS) is 10.9. The molecule has 2 nitrogen and oxygen atoms in total. The highest BCUT2D eigenvalue weighted by molar-refractivity contribution is 4.50. The largest absolute Gasteiger partial charge is 0.318 e. The molecule has 0 fully saturated rings. The zero-order valence-corrected chi connectivity index (χ0v) is 20.6. The fraction of sp³-hybridized carbons (Fsp3) is 1.00. The van der Waals surface area contributed by atoms with Crippen molar-refractivity contribution in [2.75, 3.05) is 20.3 Å². The lowest BCUT2D eigenvalue weighted by Gasteiger charge is -2.07. The van der Waals surface area contributed by atoms with Gasteiger partial charge in [-0.1, -0.05) is 149 Å². The molecule has 0 aliphatic rings. The SMILES string of the molecule is CCCCCCCCCCCCCCCCCCCCCC.CCN(C)CN. The Kier molecular flexibility index (Phi) is 31.3. The molecule has 0 unspecified atom stereocenters. The second-order valence-corrected chi connectivity index (χ2v) is 8.72. The van der Waals surface area contributed by atoms with Crippen LogP contribution < -0.4 is 5.73 Å². The van der Waals surface area contributed by atoms with Gasteiger partial charge in [-0.25, -0.2) is 0 Å². The van der Waals surface area contributed by atoms with Gasteiger partial charge in [0.1, 0.15) is 0 Å². The van der Waals surface area contributed by atoms with Crippen LogP contribution in [0.25, 0.3) is 0 Å². The Hall–Kier alpha value is -0.0800. The number of unbranched alkanes of at least 4 members (excludes halogenated alkanes) is 19. The van der Waals surface area contributed by atoms with Crippen molar-refractivity contribution in [2.45, 2.75) is 149 Å². The van der Waals surface area contributed by atoms with E-state index in [0.29, 0.717) is 6.67 Å². The molecule has 0 rings (SSSR count). The summed E-state index contributed by atoms with van der Waals surface area (Å²) in [4.78, 5) is 2.03. The van der Waals surface area contributed by atoms with E-state index in [0.717, 1.165) is 6.54 Å². The minimum atomic E-state index is 0.663. The van der Waals surface area contributed by atoms with Gasteiger partial charge in [0.25, 0.3) is 0 Å². The molecule has 172 valence electrons. The molecular formula is C26H58N2. The van der Waals surface area contributed by atoms with Crippen LogP contribution in [0, 0.1) is 0 Å². The Bertz CT molecular complexity index is 219. The van der Waals surface area contributed by atoms with Crippen LogP contribution in [0.3, 0.4) is 0 Å². The van der Waals surface area contributed by atoms with Gasteiger partial charge in [0.05, 0.1) is 0 Å². The van der Waals surface area contributed by atoms with Crippen molar-refractivity contribution in [3.05, 3.63) is 0 Å². The second kappa shape index (κ2) is 29.1. The smallest absolute Gasteiger partial charge is 0.0452 e. The molecule has 0 heterocycles. The van der Waals surface area contributed by atoms with Crippen LogP contribution in [0.2, 0.25) is 0 Å². The standard InChI is InChI=1S/C22H46.C4H12N2/c1-3-5-7-9-11-13-15-17-19-21-22-20-18-16-14-12-10-8-6-4-2;1-3-6(2)4-5/h3-22H2,1-2H3;3-5H2,1-2H3. The molecule has 2 heteroatoms. The molecule has 28 heavy (non-hydrogen) atoms. The third-order valence-electron chi connectivity index (χ3n) is 5.81. The quantitative estimate of drug-likeness (QED) is 0.155. The van der Waals surface area contributed by atoms with Gasteiger partial charge < -0.3 is 5.73 Å². The summed E-state index contributed by atoms with van der Waals surface area (Å²) in [5.41, 5.74) is 5.21. The topological polar surface area (TPSA) is 29.3 Å². The third-order valence-corrected chi connectivity index (χ3v) is 5.81. The third kappa shape index (κ3) is 30.6. The summed E-state index contributed by atoms with van der Waals surface area (Å²) in [5.74, 6) is 0. The lowest BCUT2D eigenvalue weighted by molar-refractivity contribution is 0.364. The highest BCUT2D eigenvalue weighted by Gasteiger charge is 1.94. The van der Waals surface area contributed by atoms with Crippen LogP contribution in [-0.4, -0.2) is 25.2 Å². The summed E-state index contributed by atoms with van der Waals surface area (Å²) >= 11 is 0. The summed E-state index contributed by atoms with van der Waals surface area (Å²) < 4.78 is 0. The van der Waals surface area contributed by atoms with Crippen LogP contribution in [0.4, 0.5) is 0 Å². The number of rotatable bonds is 21. The maximum Gasteiger partial charge on any atom is 0.0452 e. The van der Waals surface area contributed by atoms with Crippen molar-refractivity contribution in [3.63, 3.8) is 0 Å². The van der Waals surface area contributed by atoms with Crippen LogP contribution in [0.1, 0.15) is 149 Å². The molecular weight excluding hydrogens is 340 g/mol. The van der Waals surface area contributed by atoms with E-state index >= 15 is 0 Å². The first-order chi connectivity index (χ1) is 13.7. The lowest BCUT2D eigenvalue weighted by Crippen LogP contribution is -2.24. The number of hydrogen-bond donors (Lipinski definition) is 1. The first-order valence-corrected chi connectivity index (χ1v) is 13.1. The van der Waals surface area contributed by atoms with Crippen molar-refractivity contribution in [1.29, 1.82) is 0 Å². The molecule has 0 amide bonds. The molecule has 0 atom stereocenters. The summed E-state index contributed by atoms with van der Waals surface area (Å²) in [6.07, 6.45) is 29.4. The van der Waals surface area contributed by atoms with Gasteiger partial charge in [-0.15, -0.1) is 0 Å². The van der Waals surface area contributed by atoms with E-state index in [2.05, 4.69) is 20.8 Å². The molecule has 0 saturated carbocycles. The molecule has 0 aliphatic carbocycles. The average molecular weight is 399 g/mol. The van der Waals surface area contributed by atoms with Crippen LogP contribution >= 0.6 is 0 Å². The van der Waals surface area contributed by atoms with Gasteiger partial charge in [-0.3, -0.25) is 4.90 Å². The van der Waals surface area contributed by atoms with Crippen molar-refractivity contribution in [2.24, 2.45) is 5.73 Å². The van der Waals surface area contributed by atoms with E-state index in [1.807, 2.05) is 11.9 Å².